The summed E-state index contributed by atoms with van der Waals surface area (Å²) in [5.41, 5.74) is 0. The molecular formula is C13H26N2O3S. The number of amides is 1. The van der Waals surface area contributed by atoms with E-state index in [4.69, 9.17) is 0 Å². The predicted molar refractivity (Wildman–Crippen MR) is 76.8 cm³/mol. The van der Waals surface area contributed by atoms with Crippen LogP contribution >= 0.6 is 0 Å². The predicted octanol–water partition coefficient (Wildman–Crippen LogP) is 0.659. The molecule has 0 aliphatic carbocycles. The van der Waals surface area contributed by atoms with E-state index in [1.54, 1.807) is 4.90 Å². The van der Waals surface area contributed by atoms with Gasteiger partial charge in [0.25, 0.3) is 0 Å². The number of hydrogen-bond donors (Lipinski definition) is 1. The summed E-state index contributed by atoms with van der Waals surface area (Å²) in [5.74, 6) is 0.0513. The number of nitrogens with zero attached hydrogens (tertiary/aromatic N) is 1. The maximum absolute atomic E-state index is 12.0. The van der Waals surface area contributed by atoms with Crippen molar-refractivity contribution in [2.45, 2.75) is 32.6 Å². The van der Waals surface area contributed by atoms with Crippen LogP contribution in [0.3, 0.4) is 0 Å². The SMILES string of the molecule is CCCCCS(=O)(=O)CC(=O)N1CCC(CNC)C1. The van der Waals surface area contributed by atoms with Crippen LogP contribution < -0.4 is 5.32 Å². The summed E-state index contributed by atoms with van der Waals surface area (Å²) in [6.07, 6.45) is 3.51. The van der Waals surface area contributed by atoms with Crippen molar-refractivity contribution >= 4 is 15.7 Å². The van der Waals surface area contributed by atoms with Gasteiger partial charge in [0.05, 0.1) is 5.75 Å². The van der Waals surface area contributed by atoms with Gasteiger partial charge in [0.1, 0.15) is 5.75 Å². The lowest BCUT2D eigenvalue weighted by molar-refractivity contribution is -0.127. The van der Waals surface area contributed by atoms with Crippen LogP contribution in [-0.4, -0.2) is 57.4 Å². The normalized spacial score (nSPS) is 19.9. The third kappa shape index (κ3) is 5.91. The van der Waals surface area contributed by atoms with E-state index in [2.05, 4.69) is 5.32 Å². The van der Waals surface area contributed by atoms with Crippen LogP contribution in [0.5, 0.6) is 0 Å². The molecule has 0 radical (unpaired) electrons. The Labute approximate surface area is 116 Å². The van der Waals surface area contributed by atoms with Gasteiger partial charge < -0.3 is 10.2 Å². The molecule has 1 unspecified atom stereocenters. The molecule has 1 N–H and O–H groups in total. The molecule has 0 aromatic carbocycles. The number of unbranched alkanes of at least 4 members (excludes halogenated alkanes) is 2. The number of sulfone groups is 1. The molecule has 0 bridgehead atoms. The van der Waals surface area contributed by atoms with Crippen LogP contribution in [0.1, 0.15) is 32.6 Å². The second-order valence-corrected chi connectivity index (χ2v) is 7.54. The van der Waals surface area contributed by atoms with E-state index in [1.165, 1.54) is 0 Å². The first-order valence-corrected chi connectivity index (χ1v) is 8.93. The van der Waals surface area contributed by atoms with Gasteiger partial charge in [0.2, 0.25) is 5.91 Å². The standard InChI is InChI=1S/C13H26N2O3S/c1-3-4-5-8-19(17,18)11-13(16)15-7-6-12(10-15)9-14-2/h12,14H,3-11H2,1-2H3. The minimum Gasteiger partial charge on any atom is -0.341 e. The number of nitrogens with one attached hydrogen (secondary N) is 1. The fourth-order valence-corrected chi connectivity index (χ4v) is 3.79. The molecule has 1 aliphatic rings. The minimum atomic E-state index is -3.23. The van der Waals surface area contributed by atoms with Crippen molar-refractivity contribution in [3.05, 3.63) is 0 Å². The number of hydrogen-bond acceptors (Lipinski definition) is 4. The minimum absolute atomic E-state index is 0.139. The smallest absolute Gasteiger partial charge is 0.237 e. The molecule has 1 fully saturated rings. The maximum Gasteiger partial charge on any atom is 0.237 e. The average Bonchev–Trinajstić information content (AvgIpc) is 2.78. The topological polar surface area (TPSA) is 66.5 Å². The van der Waals surface area contributed by atoms with Crippen molar-refractivity contribution in [2.75, 3.05) is 38.2 Å². The second kappa shape index (κ2) is 7.85. The van der Waals surface area contributed by atoms with Crippen LogP contribution in [-0.2, 0) is 14.6 Å². The molecule has 1 rings (SSSR count). The monoisotopic (exact) mass is 290 g/mol. The summed E-state index contributed by atoms with van der Waals surface area (Å²) in [6, 6.07) is 0. The summed E-state index contributed by atoms with van der Waals surface area (Å²) in [5, 5.41) is 3.10. The number of rotatable bonds is 8. The quantitative estimate of drug-likeness (QED) is 0.667. The molecule has 5 nitrogen and oxygen atoms in total. The van der Waals surface area contributed by atoms with Gasteiger partial charge in [-0.3, -0.25) is 4.79 Å². The van der Waals surface area contributed by atoms with Gasteiger partial charge in [-0.15, -0.1) is 0 Å². The van der Waals surface area contributed by atoms with Crippen molar-refractivity contribution in [1.29, 1.82) is 0 Å². The zero-order chi connectivity index (χ0) is 14.3. The van der Waals surface area contributed by atoms with Crippen molar-refractivity contribution in [1.82, 2.24) is 10.2 Å². The lowest BCUT2D eigenvalue weighted by Crippen LogP contribution is -2.35. The highest BCUT2D eigenvalue weighted by Crippen LogP contribution is 2.16. The van der Waals surface area contributed by atoms with Crippen molar-refractivity contribution in [3.8, 4) is 0 Å². The lowest BCUT2D eigenvalue weighted by Gasteiger charge is -2.16. The van der Waals surface area contributed by atoms with Gasteiger partial charge in [0, 0.05) is 13.1 Å². The molecule has 19 heavy (non-hydrogen) atoms. The fraction of sp³-hybridized carbons (Fsp3) is 0.923. The summed E-state index contributed by atoms with van der Waals surface area (Å²) < 4.78 is 23.6. The van der Waals surface area contributed by atoms with Gasteiger partial charge in [-0.05, 0) is 32.4 Å². The van der Waals surface area contributed by atoms with Gasteiger partial charge in [-0.1, -0.05) is 19.8 Å². The van der Waals surface area contributed by atoms with Crippen LogP contribution in [0, 0.1) is 5.92 Å². The van der Waals surface area contributed by atoms with Crippen LogP contribution in [0.2, 0.25) is 0 Å². The zero-order valence-electron chi connectivity index (χ0n) is 12.0. The Balaban J connectivity index is 2.38. The van der Waals surface area contributed by atoms with Crippen LogP contribution in [0.4, 0.5) is 0 Å². The Morgan fingerprint density at radius 2 is 2.11 bits per heavy atom. The Hall–Kier alpha value is -0.620. The second-order valence-electron chi connectivity index (χ2n) is 5.35. The largest absolute Gasteiger partial charge is 0.341 e. The van der Waals surface area contributed by atoms with Gasteiger partial charge in [-0.2, -0.15) is 0 Å². The molecule has 1 saturated heterocycles. The molecule has 1 aliphatic heterocycles. The van der Waals surface area contributed by atoms with Gasteiger partial charge in [0.15, 0.2) is 9.84 Å². The molecule has 6 heteroatoms. The van der Waals surface area contributed by atoms with Crippen LogP contribution in [0.15, 0.2) is 0 Å². The fourth-order valence-electron chi connectivity index (χ4n) is 2.44. The Kier molecular flexibility index (Phi) is 6.79. The zero-order valence-corrected chi connectivity index (χ0v) is 12.8. The van der Waals surface area contributed by atoms with E-state index in [0.717, 1.165) is 25.8 Å². The van der Waals surface area contributed by atoms with Gasteiger partial charge >= 0.3 is 0 Å². The van der Waals surface area contributed by atoms with E-state index in [9.17, 15) is 13.2 Å². The summed E-state index contributed by atoms with van der Waals surface area (Å²) in [4.78, 5) is 13.7. The first-order chi connectivity index (χ1) is 8.98. The van der Waals surface area contributed by atoms with E-state index in [-0.39, 0.29) is 17.4 Å². The molecule has 112 valence electrons. The van der Waals surface area contributed by atoms with Crippen molar-refractivity contribution in [2.24, 2.45) is 5.92 Å². The highest BCUT2D eigenvalue weighted by molar-refractivity contribution is 7.92. The van der Waals surface area contributed by atoms with Crippen molar-refractivity contribution in [3.63, 3.8) is 0 Å². The number of carbonyl (C=O) groups excluding carboxylic acids is 1. The van der Waals surface area contributed by atoms with E-state index in [1.807, 2.05) is 14.0 Å². The lowest BCUT2D eigenvalue weighted by atomic mass is 10.1. The number of likely N-dealkylation sites (tertiary alicyclic amines) is 1. The van der Waals surface area contributed by atoms with Gasteiger partial charge in [-0.25, -0.2) is 8.42 Å². The summed E-state index contributed by atoms with van der Waals surface area (Å²) in [6.45, 7) is 4.29. The highest BCUT2D eigenvalue weighted by atomic mass is 32.2. The molecule has 0 aromatic heterocycles. The molecule has 1 heterocycles. The first-order valence-electron chi connectivity index (χ1n) is 7.11. The number of carbonyl (C=O) groups is 1. The Morgan fingerprint density at radius 1 is 1.37 bits per heavy atom. The van der Waals surface area contributed by atoms with Crippen LogP contribution in [0.25, 0.3) is 0 Å². The average molecular weight is 290 g/mol. The Morgan fingerprint density at radius 3 is 2.74 bits per heavy atom. The van der Waals surface area contributed by atoms with E-state index in [0.29, 0.717) is 25.4 Å². The van der Waals surface area contributed by atoms with E-state index < -0.39 is 9.84 Å². The maximum atomic E-state index is 12.0. The Bertz CT molecular complexity index is 381. The van der Waals surface area contributed by atoms with Crippen molar-refractivity contribution < 1.29 is 13.2 Å². The molecular weight excluding hydrogens is 264 g/mol. The molecule has 1 atom stereocenters. The van der Waals surface area contributed by atoms with E-state index >= 15 is 0 Å². The third-order valence-electron chi connectivity index (χ3n) is 3.53. The third-order valence-corrected chi connectivity index (χ3v) is 5.13. The highest BCUT2D eigenvalue weighted by Gasteiger charge is 2.28. The molecule has 1 amide bonds. The summed E-state index contributed by atoms with van der Waals surface area (Å²) in [7, 11) is -1.34. The molecule has 0 saturated carbocycles. The summed E-state index contributed by atoms with van der Waals surface area (Å²) >= 11 is 0. The molecule has 0 spiro atoms. The first kappa shape index (κ1) is 16.4. The molecule has 0 aromatic rings.